The molecule has 0 aliphatic carbocycles. The number of para-hydroxylation sites is 1. The van der Waals surface area contributed by atoms with E-state index in [9.17, 15) is 24.5 Å². The zero-order valence-corrected chi connectivity index (χ0v) is 19.1. The standard InChI is InChI=1S/C25H20N4O6/c1-26-11-17(15-6-4-5-7-19(15)26)22-23(25(32)28(24(22)31)21(30)13-35-3)18-12-27(2)20-10-14(29(33)34)8-9-16(18)20/h4-12H,13H2,1-3H3. The summed E-state index contributed by atoms with van der Waals surface area (Å²) in [6.45, 7) is -0.435. The molecule has 2 aromatic heterocycles. The third-order valence-electron chi connectivity index (χ3n) is 6.22. The Labute approximate surface area is 198 Å². The zero-order chi connectivity index (χ0) is 25.0. The van der Waals surface area contributed by atoms with Gasteiger partial charge in [0.2, 0.25) is 0 Å². The van der Waals surface area contributed by atoms with E-state index in [1.165, 1.54) is 19.2 Å². The maximum absolute atomic E-state index is 13.6. The normalized spacial score (nSPS) is 14.1. The minimum absolute atomic E-state index is 0.0651. The number of carbonyl (C=O) groups excluding carboxylic acids is 3. The van der Waals surface area contributed by atoms with Gasteiger partial charge in [-0.15, -0.1) is 0 Å². The van der Waals surface area contributed by atoms with Gasteiger partial charge in [0.05, 0.1) is 21.6 Å². The summed E-state index contributed by atoms with van der Waals surface area (Å²) in [5.74, 6) is -2.26. The van der Waals surface area contributed by atoms with Gasteiger partial charge >= 0.3 is 0 Å². The number of carbonyl (C=O) groups is 3. The number of aromatic nitrogens is 2. The number of amides is 3. The number of non-ortho nitro benzene ring substituents is 1. The average molecular weight is 472 g/mol. The first-order valence-corrected chi connectivity index (χ1v) is 10.7. The van der Waals surface area contributed by atoms with E-state index in [-0.39, 0.29) is 16.8 Å². The Bertz CT molecular complexity index is 1620. The second-order valence-electron chi connectivity index (χ2n) is 8.31. The molecule has 2 aromatic carbocycles. The van der Waals surface area contributed by atoms with E-state index in [4.69, 9.17) is 4.74 Å². The molecule has 0 N–H and O–H groups in total. The van der Waals surface area contributed by atoms with Crippen LogP contribution < -0.4 is 0 Å². The number of nitrogens with zero attached hydrogens (tertiary/aromatic N) is 4. The van der Waals surface area contributed by atoms with Gasteiger partial charge in [-0.3, -0.25) is 24.5 Å². The molecule has 0 atom stereocenters. The molecule has 0 spiro atoms. The molecule has 35 heavy (non-hydrogen) atoms. The summed E-state index contributed by atoms with van der Waals surface area (Å²) < 4.78 is 8.39. The topological polar surface area (TPSA) is 117 Å². The van der Waals surface area contributed by atoms with E-state index in [1.807, 2.05) is 35.9 Å². The lowest BCUT2D eigenvalue weighted by atomic mass is 9.95. The van der Waals surface area contributed by atoms with E-state index in [1.54, 1.807) is 30.1 Å². The van der Waals surface area contributed by atoms with E-state index >= 15 is 0 Å². The van der Waals surface area contributed by atoms with Crippen molar-refractivity contribution < 1.29 is 24.0 Å². The monoisotopic (exact) mass is 472 g/mol. The molecular formula is C25H20N4O6. The van der Waals surface area contributed by atoms with Crippen LogP contribution in [0.2, 0.25) is 0 Å². The van der Waals surface area contributed by atoms with Gasteiger partial charge in [0.15, 0.2) is 0 Å². The van der Waals surface area contributed by atoms with Gasteiger partial charge in [0, 0.05) is 73.1 Å². The number of imide groups is 3. The Morgan fingerprint density at radius 1 is 0.914 bits per heavy atom. The SMILES string of the molecule is COCC(=O)N1C(=O)C(c2cn(C)c3ccccc23)=C(c2cn(C)c3cc([N+](=O)[O-])ccc23)C1=O. The highest BCUT2D eigenvalue weighted by Gasteiger charge is 2.44. The lowest BCUT2D eigenvalue weighted by molar-refractivity contribution is -0.384. The maximum Gasteiger partial charge on any atom is 0.271 e. The van der Waals surface area contributed by atoms with Gasteiger partial charge < -0.3 is 13.9 Å². The minimum Gasteiger partial charge on any atom is -0.375 e. The van der Waals surface area contributed by atoms with Crippen molar-refractivity contribution in [3.8, 4) is 0 Å². The van der Waals surface area contributed by atoms with Crippen molar-refractivity contribution in [2.75, 3.05) is 13.7 Å². The molecule has 10 nitrogen and oxygen atoms in total. The van der Waals surface area contributed by atoms with Crippen molar-refractivity contribution in [3.05, 3.63) is 76.1 Å². The number of ether oxygens (including phenoxy) is 1. The Kier molecular flexibility index (Phi) is 5.10. The van der Waals surface area contributed by atoms with Crippen LogP contribution in [0.3, 0.4) is 0 Å². The summed E-state index contributed by atoms with van der Waals surface area (Å²) in [5, 5.41) is 12.6. The fraction of sp³-hybridized carbons (Fsp3) is 0.160. The molecule has 1 aliphatic heterocycles. The fourth-order valence-electron chi connectivity index (χ4n) is 4.67. The van der Waals surface area contributed by atoms with Crippen LogP contribution in [0, 0.1) is 10.1 Å². The molecule has 0 fully saturated rings. The largest absolute Gasteiger partial charge is 0.375 e. The van der Waals surface area contributed by atoms with Gasteiger partial charge in [-0.05, 0) is 12.1 Å². The Hall–Kier alpha value is -4.57. The molecule has 0 radical (unpaired) electrons. The van der Waals surface area contributed by atoms with Crippen molar-refractivity contribution in [3.63, 3.8) is 0 Å². The van der Waals surface area contributed by atoms with Crippen molar-refractivity contribution >= 4 is 56.4 Å². The number of aryl methyl sites for hydroxylation is 2. The third kappa shape index (κ3) is 3.26. The average Bonchev–Trinajstić information content (AvgIpc) is 3.42. The Morgan fingerprint density at radius 2 is 1.49 bits per heavy atom. The fourth-order valence-corrected chi connectivity index (χ4v) is 4.67. The van der Waals surface area contributed by atoms with Crippen LogP contribution in [0.4, 0.5) is 5.69 Å². The molecule has 0 saturated carbocycles. The van der Waals surface area contributed by atoms with Crippen molar-refractivity contribution in [2.24, 2.45) is 14.1 Å². The summed E-state index contributed by atoms with van der Waals surface area (Å²) in [6, 6.07) is 11.7. The number of hydrogen-bond acceptors (Lipinski definition) is 6. The lowest BCUT2D eigenvalue weighted by Crippen LogP contribution is -2.39. The highest BCUT2D eigenvalue weighted by atomic mass is 16.6. The first-order chi connectivity index (χ1) is 16.7. The second kappa shape index (κ2) is 8.03. The quantitative estimate of drug-likeness (QED) is 0.250. The maximum atomic E-state index is 13.6. The van der Waals surface area contributed by atoms with Crippen molar-refractivity contribution in [1.82, 2.24) is 14.0 Å². The number of nitro benzene ring substituents is 1. The predicted molar refractivity (Wildman–Crippen MR) is 128 cm³/mol. The molecule has 1 aliphatic rings. The lowest BCUT2D eigenvalue weighted by Gasteiger charge is -2.12. The van der Waals surface area contributed by atoms with E-state index in [2.05, 4.69) is 0 Å². The van der Waals surface area contributed by atoms with Crippen molar-refractivity contribution in [1.29, 1.82) is 0 Å². The van der Waals surface area contributed by atoms with Gasteiger partial charge in [-0.25, -0.2) is 4.90 Å². The minimum atomic E-state index is -0.772. The van der Waals surface area contributed by atoms with E-state index in [0.717, 1.165) is 10.9 Å². The molecule has 0 bridgehead atoms. The number of methoxy groups -OCH3 is 1. The van der Waals surface area contributed by atoms with E-state index in [0.29, 0.717) is 26.9 Å². The summed E-state index contributed by atoms with van der Waals surface area (Å²) in [7, 11) is 4.83. The number of benzene rings is 2. The van der Waals surface area contributed by atoms with Crippen LogP contribution in [0.15, 0.2) is 54.9 Å². The number of nitro groups is 1. The van der Waals surface area contributed by atoms with Crippen LogP contribution in [0.25, 0.3) is 33.0 Å². The van der Waals surface area contributed by atoms with Crippen molar-refractivity contribution in [2.45, 2.75) is 0 Å². The second-order valence-corrected chi connectivity index (χ2v) is 8.31. The molecule has 3 heterocycles. The van der Waals surface area contributed by atoms with Gasteiger partial charge in [0.25, 0.3) is 23.4 Å². The highest BCUT2D eigenvalue weighted by Crippen LogP contribution is 2.42. The molecule has 176 valence electrons. The number of hydrogen-bond donors (Lipinski definition) is 0. The smallest absolute Gasteiger partial charge is 0.271 e. The van der Waals surface area contributed by atoms with Crippen LogP contribution in [-0.4, -0.2) is 50.4 Å². The van der Waals surface area contributed by atoms with Crippen LogP contribution in [0.5, 0.6) is 0 Å². The number of rotatable bonds is 5. The van der Waals surface area contributed by atoms with Crippen LogP contribution in [-0.2, 0) is 33.2 Å². The molecular weight excluding hydrogens is 452 g/mol. The summed E-state index contributed by atoms with van der Waals surface area (Å²) in [6.07, 6.45) is 3.40. The Morgan fingerprint density at radius 3 is 2.09 bits per heavy atom. The molecule has 4 aromatic rings. The molecule has 3 amide bonds. The van der Waals surface area contributed by atoms with E-state index < -0.39 is 29.3 Å². The van der Waals surface area contributed by atoms with Crippen LogP contribution in [0.1, 0.15) is 11.1 Å². The van der Waals surface area contributed by atoms with Gasteiger partial charge in [-0.1, -0.05) is 18.2 Å². The molecule has 10 heteroatoms. The Balaban J connectivity index is 1.83. The highest BCUT2D eigenvalue weighted by molar-refractivity contribution is 6.53. The first-order valence-electron chi connectivity index (χ1n) is 10.7. The zero-order valence-electron chi connectivity index (χ0n) is 19.1. The predicted octanol–water partition coefficient (Wildman–Crippen LogP) is 3.03. The molecule has 0 unspecified atom stereocenters. The summed E-state index contributed by atoms with van der Waals surface area (Å²) >= 11 is 0. The van der Waals surface area contributed by atoms with Gasteiger partial charge in [-0.2, -0.15) is 0 Å². The van der Waals surface area contributed by atoms with Gasteiger partial charge in [0.1, 0.15) is 6.61 Å². The summed E-state index contributed by atoms with van der Waals surface area (Å²) in [5.41, 5.74) is 2.36. The third-order valence-corrected chi connectivity index (χ3v) is 6.22. The number of fused-ring (bicyclic) bond motifs is 2. The molecule has 5 rings (SSSR count). The molecule has 0 saturated heterocycles. The van der Waals surface area contributed by atoms with Crippen LogP contribution >= 0.6 is 0 Å². The first kappa shape index (κ1) is 22.2. The summed E-state index contributed by atoms with van der Waals surface area (Å²) in [4.78, 5) is 51.4.